The van der Waals surface area contributed by atoms with Crippen LogP contribution < -0.4 is 5.69 Å². The molecule has 1 N–H and O–H groups in total. The molecule has 4 aromatic rings. The molecule has 0 amide bonds. The van der Waals surface area contributed by atoms with Crippen molar-refractivity contribution in [1.29, 1.82) is 0 Å². The van der Waals surface area contributed by atoms with Gasteiger partial charge in [0, 0.05) is 9.86 Å². The standard InChI is InChI=1S/C16H8BrClFN3O/c17-8-4-5-11-9(6-8)15-12(7-20-11)21-16(23)22(15)13-3-1-2-10(19)14(13)18/h1-7H,(H,21,23). The number of nitrogens with one attached hydrogen (secondary N) is 1. The molecule has 0 bridgehead atoms. The predicted molar refractivity (Wildman–Crippen MR) is 91.9 cm³/mol. The molecule has 0 aliphatic carbocycles. The minimum absolute atomic E-state index is 0.101. The van der Waals surface area contributed by atoms with E-state index in [0.29, 0.717) is 11.0 Å². The van der Waals surface area contributed by atoms with Gasteiger partial charge in [-0.25, -0.2) is 9.18 Å². The van der Waals surface area contributed by atoms with Crippen molar-refractivity contribution in [2.45, 2.75) is 0 Å². The second-order valence-corrected chi connectivity index (χ2v) is 6.31. The zero-order valence-corrected chi connectivity index (χ0v) is 13.8. The molecule has 0 aliphatic rings. The van der Waals surface area contributed by atoms with Crippen LogP contribution in [-0.2, 0) is 0 Å². The van der Waals surface area contributed by atoms with Gasteiger partial charge in [-0.2, -0.15) is 0 Å². The Kier molecular flexibility index (Phi) is 3.25. The van der Waals surface area contributed by atoms with Crippen LogP contribution in [0, 0.1) is 5.82 Å². The van der Waals surface area contributed by atoms with Crippen LogP contribution >= 0.6 is 27.5 Å². The minimum Gasteiger partial charge on any atom is -0.304 e. The highest BCUT2D eigenvalue weighted by Crippen LogP contribution is 2.29. The van der Waals surface area contributed by atoms with Gasteiger partial charge in [-0.3, -0.25) is 9.55 Å². The first-order valence-electron chi connectivity index (χ1n) is 6.69. The minimum atomic E-state index is -0.579. The third-order valence-electron chi connectivity index (χ3n) is 3.64. The Morgan fingerprint density at radius 2 is 2.09 bits per heavy atom. The molecule has 2 aromatic carbocycles. The summed E-state index contributed by atoms with van der Waals surface area (Å²) in [5.74, 6) is -0.579. The molecule has 4 nitrogen and oxygen atoms in total. The van der Waals surface area contributed by atoms with Crippen LogP contribution in [0.25, 0.3) is 27.6 Å². The quantitative estimate of drug-likeness (QED) is 0.521. The van der Waals surface area contributed by atoms with Gasteiger partial charge in [0.05, 0.1) is 28.4 Å². The summed E-state index contributed by atoms with van der Waals surface area (Å²) in [5, 5.41) is 0.658. The Morgan fingerprint density at radius 3 is 2.91 bits per heavy atom. The van der Waals surface area contributed by atoms with E-state index in [2.05, 4.69) is 25.9 Å². The molecule has 7 heteroatoms. The molecule has 0 spiro atoms. The molecule has 0 atom stereocenters. The number of benzene rings is 2. The summed E-state index contributed by atoms with van der Waals surface area (Å²) in [6.45, 7) is 0. The van der Waals surface area contributed by atoms with E-state index in [4.69, 9.17) is 11.6 Å². The Hall–Kier alpha value is -2.18. The number of aromatic nitrogens is 3. The molecule has 0 saturated heterocycles. The van der Waals surface area contributed by atoms with Crippen molar-refractivity contribution in [3.63, 3.8) is 0 Å². The highest BCUT2D eigenvalue weighted by molar-refractivity contribution is 9.10. The Morgan fingerprint density at radius 1 is 1.26 bits per heavy atom. The number of hydrogen-bond donors (Lipinski definition) is 1. The van der Waals surface area contributed by atoms with E-state index in [1.54, 1.807) is 12.3 Å². The smallest absolute Gasteiger partial charge is 0.304 e. The molecular formula is C16H8BrClFN3O. The molecule has 0 unspecified atom stereocenters. The zero-order valence-electron chi connectivity index (χ0n) is 11.5. The summed E-state index contributed by atoms with van der Waals surface area (Å²) >= 11 is 9.49. The predicted octanol–water partition coefficient (Wildman–Crippen LogP) is 4.42. The molecule has 2 heterocycles. The normalized spacial score (nSPS) is 11.4. The Bertz CT molecular complexity index is 1140. The fraction of sp³-hybridized carbons (Fsp3) is 0. The number of rotatable bonds is 1. The van der Waals surface area contributed by atoms with Crippen LogP contribution in [0.15, 0.2) is 51.9 Å². The number of hydrogen-bond acceptors (Lipinski definition) is 2. The lowest BCUT2D eigenvalue weighted by molar-refractivity contribution is 0.627. The van der Waals surface area contributed by atoms with E-state index in [-0.39, 0.29) is 10.7 Å². The van der Waals surface area contributed by atoms with Gasteiger partial charge in [0.2, 0.25) is 0 Å². The molecule has 0 radical (unpaired) electrons. The zero-order chi connectivity index (χ0) is 16.1. The largest absolute Gasteiger partial charge is 0.331 e. The van der Waals surface area contributed by atoms with Gasteiger partial charge in [-0.05, 0) is 30.3 Å². The van der Waals surface area contributed by atoms with Crippen LogP contribution in [-0.4, -0.2) is 14.5 Å². The second kappa shape index (κ2) is 5.18. The summed E-state index contributed by atoms with van der Waals surface area (Å²) in [4.78, 5) is 19.5. The van der Waals surface area contributed by atoms with E-state index >= 15 is 0 Å². The monoisotopic (exact) mass is 391 g/mol. The van der Waals surface area contributed by atoms with E-state index < -0.39 is 11.5 Å². The van der Waals surface area contributed by atoms with Crippen molar-refractivity contribution in [1.82, 2.24) is 14.5 Å². The number of fused-ring (bicyclic) bond motifs is 3. The number of halogens is 3. The van der Waals surface area contributed by atoms with Crippen molar-refractivity contribution >= 4 is 49.5 Å². The Balaban J connectivity index is 2.23. The van der Waals surface area contributed by atoms with Crippen molar-refractivity contribution in [3.8, 4) is 5.69 Å². The lowest BCUT2D eigenvalue weighted by atomic mass is 10.2. The summed E-state index contributed by atoms with van der Waals surface area (Å²) in [7, 11) is 0. The molecule has 0 saturated carbocycles. The Labute approximate surface area is 142 Å². The van der Waals surface area contributed by atoms with Crippen LogP contribution in [0.3, 0.4) is 0 Å². The van der Waals surface area contributed by atoms with Gasteiger partial charge in [0.25, 0.3) is 0 Å². The summed E-state index contributed by atoms with van der Waals surface area (Å²) in [6.07, 6.45) is 1.58. The lowest BCUT2D eigenvalue weighted by Gasteiger charge is -2.08. The van der Waals surface area contributed by atoms with Crippen LogP contribution in [0.2, 0.25) is 5.02 Å². The van der Waals surface area contributed by atoms with E-state index in [9.17, 15) is 9.18 Å². The van der Waals surface area contributed by atoms with Gasteiger partial charge >= 0.3 is 5.69 Å². The highest BCUT2D eigenvalue weighted by Gasteiger charge is 2.16. The second-order valence-electron chi connectivity index (χ2n) is 5.02. The average molecular weight is 393 g/mol. The lowest BCUT2D eigenvalue weighted by Crippen LogP contribution is -2.15. The van der Waals surface area contributed by atoms with Crippen LogP contribution in [0.4, 0.5) is 4.39 Å². The third-order valence-corrected chi connectivity index (χ3v) is 4.51. The van der Waals surface area contributed by atoms with Gasteiger partial charge in [0.1, 0.15) is 10.8 Å². The van der Waals surface area contributed by atoms with E-state index in [1.165, 1.54) is 16.7 Å². The van der Waals surface area contributed by atoms with Gasteiger partial charge in [-0.15, -0.1) is 0 Å². The highest BCUT2D eigenvalue weighted by atomic mass is 79.9. The maximum Gasteiger partial charge on any atom is 0.331 e. The SMILES string of the molecule is O=c1[nH]c2cnc3ccc(Br)cc3c2n1-c1cccc(F)c1Cl. The number of nitrogens with zero attached hydrogens (tertiary/aromatic N) is 2. The topological polar surface area (TPSA) is 50.7 Å². The summed E-state index contributed by atoms with van der Waals surface area (Å²) in [6, 6.07) is 9.94. The maximum absolute atomic E-state index is 13.8. The van der Waals surface area contributed by atoms with Crippen molar-refractivity contribution in [2.75, 3.05) is 0 Å². The fourth-order valence-corrected chi connectivity index (χ4v) is 3.22. The molecule has 0 aliphatic heterocycles. The molecule has 23 heavy (non-hydrogen) atoms. The van der Waals surface area contributed by atoms with Crippen LogP contribution in [0.5, 0.6) is 0 Å². The first kappa shape index (κ1) is 14.4. The fourth-order valence-electron chi connectivity index (χ4n) is 2.65. The summed E-state index contributed by atoms with van der Waals surface area (Å²) in [5.41, 5.74) is 1.77. The first-order chi connectivity index (χ1) is 11.1. The van der Waals surface area contributed by atoms with Gasteiger partial charge in [0.15, 0.2) is 0 Å². The van der Waals surface area contributed by atoms with Crippen molar-refractivity contribution < 1.29 is 4.39 Å². The van der Waals surface area contributed by atoms with Crippen molar-refractivity contribution in [3.05, 3.63) is 68.4 Å². The average Bonchev–Trinajstić information content (AvgIpc) is 2.86. The van der Waals surface area contributed by atoms with Gasteiger partial charge < -0.3 is 4.98 Å². The van der Waals surface area contributed by atoms with E-state index in [0.717, 1.165) is 15.4 Å². The van der Waals surface area contributed by atoms with E-state index in [1.807, 2.05) is 18.2 Å². The first-order valence-corrected chi connectivity index (χ1v) is 7.87. The number of imidazole rings is 1. The number of H-pyrrole nitrogens is 1. The van der Waals surface area contributed by atoms with Gasteiger partial charge in [-0.1, -0.05) is 33.6 Å². The molecule has 114 valence electrons. The molecule has 4 rings (SSSR count). The third kappa shape index (κ3) is 2.17. The number of pyridine rings is 1. The summed E-state index contributed by atoms with van der Waals surface area (Å²) < 4.78 is 16.0. The number of aromatic amines is 1. The molecule has 2 aromatic heterocycles. The maximum atomic E-state index is 13.8. The van der Waals surface area contributed by atoms with Crippen molar-refractivity contribution in [2.24, 2.45) is 0 Å². The van der Waals surface area contributed by atoms with Crippen LogP contribution in [0.1, 0.15) is 0 Å². The molecule has 0 fully saturated rings. The molecular weight excluding hydrogens is 385 g/mol.